The van der Waals surface area contributed by atoms with Crippen molar-refractivity contribution in [2.75, 3.05) is 13.1 Å². The summed E-state index contributed by atoms with van der Waals surface area (Å²) < 4.78 is 32.2. The molecule has 0 spiro atoms. The van der Waals surface area contributed by atoms with Crippen LogP contribution in [0.1, 0.15) is 51.9 Å². The number of amides is 1. The molecular formula is C20H26N4O6S. The van der Waals surface area contributed by atoms with Crippen LogP contribution in [0.15, 0.2) is 23.1 Å². The standard InChI is InChI=1S/C20H26N4O6S/c1-15(19(25)22-20(14-21)9-3-2-4-10-20)30-18-8-7-16(13-17(18)24(26)27)31(28,29)23-11-5-6-12-23/h7-8,13,15H,2-6,9-12H2,1H3,(H,22,25)/t15-/m1/s1. The van der Waals surface area contributed by atoms with Gasteiger partial charge in [0.05, 0.1) is 15.9 Å². The molecule has 11 heteroatoms. The predicted molar refractivity (Wildman–Crippen MR) is 111 cm³/mol. The Hall–Kier alpha value is -2.71. The van der Waals surface area contributed by atoms with Crippen LogP contribution >= 0.6 is 0 Å². The molecular weight excluding hydrogens is 424 g/mol. The van der Waals surface area contributed by atoms with Crippen molar-refractivity contribution in [1.29, 1.82) is 5.26 Å². The Labute approximate surface area is 181 Å². The first-order chi connectivity index (χ1) is 14.7. The number of carbonyl (C=O) groups is 1. The Kier molecular flexibility index (Phi) is 6.81. The second kappa shape index (κ2) is 9.20. The number of nitriles is 1. The van der Waals surface area contributed by atoms with Gasteiger partial charge < -0.3 is 10.1 Å². The van der Waals surface area contributed by atoms with Crippen LogP contribution in [0, 0.1) is 21.4 Å². The number of nitro benzene ring substituents is 1. The van der Waals surface area contributed by atoms with E-state index in [-0.39, 0.29) is 10.6 Å². The normalized spacial score (nSPS) is 19.9. The molecule has 1 aliphatic carbocycles. The van der Waals surface area contributed by atoms with Gasteiger partial charge in [-0.1, -0.05) is 19.3 Å². The Bertz CT molecular complexity index is 991. The van der Waals surface area contributed by atoms with Gasteiger partial charge in [0.2, 0.25) is 10.0 Å². The molecule has 0 unspecified atom stereocenters. The van der Waals surface area contributed by atoms with Crippen molar-refractivity contribution in [1.82, 2.24) is 9.62 Å². The molecule has 1 heterocycles. The maximum atomic E-state index is 12.7. The lowest BCUT2D eigenvalue weighted by atomic mass is 9.83. The molecule has 3 rings (SSSR count). The summed E-state index contributed by atoms with van der Waals surface area (Å²) in [4.78, 5) is 23.2. The van der Waals surface area contributed by atoms with Crippen molar-refractivity contribution in [2.45, 2.75) is 68.4 Å². The van der Waals surface area contributed by atoms with Crippen molar-refractivity contribution in [3.05, 3.63) is 28.3 Å². The van der Waals surface area contributed by atoms with E-state index in [1.165, 1.54) is 23.4 Å². The Balaban J connectivity index is 1.78. The number of carbonyl (C=O) groups excluding carboxylic acids is 1. The molecule has 1 aromatic carbocycles. The zero-order valence-electron chi connectivity index (χ0n) is 17.4. The van der Waals surface area contributed by atoms with Gasteiger partial charge in [0.1, 0.15) is 5.54 Å². The minimum atomic E-state index is -3.83. The van der Waals surface area contributed by atoms with Crippen LogP contribution in [-0.4, -0.2) is 48.3 Å². The van der Waals surface area contributed by atoms with Crippen molar-refractivity contribution in [2.24, 2.45) is 0 Å². The topological polar surface area (TPSA) is 143 Å². The summed E-state index contributed by atoms with van der Waals surface area (Å²) in [7, 11) is -3.83. The van der Waals surface area contributed by atoms with Crippen LogP contribution in [-0.2, 0) is 14.8 Å². The number of benzene rings is 1. The molecule has 1 aliphatic heterocycles. The van der Waals surface area contributed by atoms with E-state index in [4.69, 9.17) is 4.74 Å². The van der Waals surface area contributed by atoms with E-state index < -0.39 is 38.2 Å². The Morgan fingerprint density at radius 2 is 1.90 bits per heavy atom. The van der Waals surface area contributed by atoms with Gasteiger partial charge in [-0.3, -0.25) is 14.9 Å². The molecule has 0 bridgehead atoms. The van der Waals surface area contributed by atoms with E-state index in [1.807, 2.05) is 0 Å². The highest BCUT2D eigenvalue weighted by molar-refractivity contribution is 7.89. The Morgan fingerprint density at radius 3 is 2.48 bits per heavy atom. The fraction of sp³-hybridized carbons (Fsp3) is 0.600. The van der Waals surface area contributed by atoms with Gasteiger partial charge in [0.15, 0.2) is 11.9 Å². The van der Waals surface area contributed by atoms with E-state index in [9.17, 15) is 28.6 Å². The molecule has 10 nitrogen and oxygen atoms in total. The van der Waals surface area contributed by atoms with E-state index in [2.05, 4.69) is 11.4 Å². The molecule has 31 heavy (non-hydrogen) atoms. The summed E-state index contributed by atoms with van der Waals surface area (Å²) in [6.07, 6.45) is 4.16. The van der Waals surface area contributed by atoms with Gasteiger partial charge in [0.25, 0.3) is 5.91 Å². The highest BCUT2D eigenvalue weighted by Gasteiger charge is 2.36. The quantitative estimate of drug-likeness (QED) is 0.496. The van der Waals surface area contributed by atoms with E-state index in [1.54, 1.807) is 0 Å². The highest BCUT2D eigenvalue weighted by Crippen LogP contribution is 2.33. The number of rotatable bonds is 7. The lowest BCUT2D eigenvalue weighted by Crippen LogP contribution is -2.52. The van der Waals surface area contributed by atoms with Crippen molar-refractivity contribution < 1.29 is 22.9 Å². The number of nitrogens with zero attached hydrogens (tertiary/aromatic N) is 3. The molecule has 1 amide bonds. The van der Waals surface area contributed by atoms with Gasteiger partial charge in [-0.25, -0.2) is 8.42 Å². The fourth-order valence-corrected chi connectivity index (χ4v) is 5.52. The van der Waals surface area contributed by atoms with Crippen molar-refractivity contribution >= 4 is 21.6 Å². The highest BCUT2D eigenvalue weighted by atomic mass is 32.2. The molecule has 0 aromatic heterocycles. The molecule has 168 valence electrons. The van der Waals surface area contributed by atoms with Gasteiger partial charge >= 0.3 is 5.69 Å². The summed E-state index contributed by atoms with van der Waals surface area (Å²) in [6.45, 7) is 2.19. The van der Waals surface area contributed by atoms with Gasteiger partial charge in [-0.2, -0.15) is 9.57 Å². The SMILES string of the molecule is C[C@@H](Oc1ccc(S(=O)(=O)N2CCCC2)cc1[N+](=O)[O-])C(=O)NC1(C#N)CCCCC1. The first-order valence-electron chi connectivity index (χ1n) is 10.4. The van der Waals surface area contributed by atoms with E-state index in [0.29, 0.717) is 25.9 Å². The van der Waals surface area contributed by atoms with Gasteiger partial charge in [0, 0.05) is 19.2 Å². The number of hydrogen-bond donors (Lipinski definition) is 1. The third kappa shape index (κ3) is 4.97. The molecule has 2 aliphatic rings. The minimum Gasteiger partial charge on any atom is -0.474 e. The fourth-order valence-electron chi connectivity index (χ4n) is 3.98. The Morgan fingerprint density at radius 1 is 1.26 bits per heavy atom. The largest absolute Gasteiger partial charge is 0.474 e. The summed E-state index contributed by atoms with van der Waals surface area (Å²) >= 11 is 0. The second-order valence-corrected chi connectivity index (χ2v) is 9.94. The van der Waals surface area contributed by atoms with Gasteiger partial charge in [-0.05, 0) is 44.7 Å². The zero-order valence-corrected chi connectivity index (χ0v) is 18.2. The van der Waals surface area contributed by atoms with E-state index in [0.717, 1.165) is 38.2 Å². The average molecular weight is 451 g/mol. The second-order valence-electron chi connectivity index (χ2n) is 8.00. The van der Waals surface area contributed by atoms with Crippen molar-refractivity contribution in [3.63, 3.8) is 0 Å². The van der Waals surface area contributed by atoms with Crippen LogP contribution < -0.4 is 10.1 Å². The molecule has 1 saturated carbocycles. The lowest BCUT2D eigenvalue weighted by Gasteiger charge is -2.32. The summed E-state index contributed by atoms with van der Waals surface area (Å²) in [5, 5.41) is 23.8. The predicted octanol–water partition coefficient (Wildman–Crippen LogP) is 2.49. The number of sulfonamides is 1. The molecule has 1 N–H and O–H groups in total. The first-order valence-corrected chi connectivity index (χ1v) is 11.8. The van der Waals surface area contributed by atoms with Crippen LogP contribution in [0.25, 0.3) is 0 Å². The van der Waals surface area contributed by atoms with Crippen LogP contribution in [0.2, 0.25) is 0 Å². The minimum absolute atomic E-state index is 0.184. The number of ether oxygens (including phenoxy) is 1. The molecule has 1 aromatic rings. The maximum absolute atomic E-state index is 12.7. The summed E-state index contributed by atoms with van der Waals surface area (Å²) in [5.41, 5.74) is -1.49. The summed E-state index contributed by atoms with van der Waals surface area (Å²) in [6, 6.07) is 5.59. The molecule has 0 radical (unpaired) electrons. The van der Waals surface area contributed by atoms with Gasteiger partial charge in [-0.15, -0.1) is 0 Å². The van der Waals surface area contributed by atoms with Crippen molar-refractivity contribution in [3.8, 4) is 11.8 Å². The smallest absolute Gasteiger partial charge is 0.312 e. The number of hydrogen-bond acceptors (Lipinski definition) is 7. The maximum Gasteiger partial charge on any atom is 0.312 e. The monoisotopic (exact) mass is 450 g/mol. The van der Waals surface area contributed by atoms with Crippen LogP contribution in [0.3, 0.4) is 0 Å². The number of nitro groups is 1. The molecule has 1 saturated heterocycles. The third-order valence-corrected chi connectivity index (χ3v) is 7.68. The first kappa shape index (κ1) is 23.0. The van der Waals surface area contributed by atoms with Crippen LogP contribution in [0.5, 0.6) is 5.75 Å². The average Bonchev–Trinajstić information content (AvgIpc) is 3.30. The van der Waals surface area contributed by atoms with E-state index >= 15 is 0 Å². The molecule has 2 fully saturated rings. The number of nitrogens with one attached hydrogen (secondary N) is 1. The summed E-state index contributed by atoms with van der Waals surface area (Å²) in [5.74, 6) is -0.755. The lowest BCUT2D eigenvalue weighted by molar-refractivity contribution is -0.386. The molecule has 1 atom stereocenters. The van der Waals surface area contributed by atoms with Crippen LogP contribution in [0.4, 0.5) is 5.69 Å². The zero-order chi connectivity index (χ0) is 22.6. The third-order valence-electron chi connectivity index (χ3n) is 5.79.